The van der Waals surface area contributed by atoms with E-state index >= 15 is 0 Å². The molecule has 3 heterocycles. The number of hydrogen-bond acceptors (Lipinski definition) is 7. The first-order chi connectivity index (χ1) is 13.6. The van der Waals surface area contributed by atoms with Crippen LogP contribution in [0.3, 0.4) is 0 Å². The van der Waals surface area contributed by atoms with Gasteiger partial charge in [-0.05, 0) is 38.8 Å². The Morgan fingerprint density at radius 3 is 3.07 bits per heavy atom. The van der Waals surface area contributed by atoms with Crippen LogP contribution in [0, 0.1) is 6.92 Å². The molecule has 1 unspecified atom stereocenters. The number of likely N-dealkylation sites (N-methyl/N-ethyl adjacent to an activating group) is 1. The first-order valence-corrected chi connectivity index (χ1v) is 10.3. The molecule has 3 aromatic rings. The molecule has 7 nitrogen and oxygen atoms in total. The molecule has 1 aromatic carbocycles. The molecule has 0 N–H and O–H groups in total. The predicted molar refractivity (Wildman–Crippen MR) is 106 cm³/mol. The second kappa shape index (κ2) is 8.28. The molecule has 8 heteroatoms. The van der Waals surface area contributed by atoms with Crippen LogP contribution in [0.1, 0.15) is 41.0 Å². The van der Waals surface area contributed by atoms with Crippen LogP contribution in [0.2, 0.25) is 0 Å². The Labute approximate surface area is 167 Å². The van der Waals surface area contributed by atoms with Gasteiger partial charge in [0.2, 0.25) is 0 Å². The third-order valence-corrected chi connectivity index (χ3v) is 5.69. The number of thiazole rings is 1. The van der Waals surface area contributed by atoms with Crippen LogP contribution in [-0.4, -0.2) is 46.7 Å². The number of aryl methyl sites for hydroxylation is 1. The summed E-state index contributed by atoms with van der Waals surface area (Å²) in [6, 6.07) is 7.45. The van der Waals surface area contributed by atoms with Crippen molar-refractivity contribution < 1.29 is 18.8 Å². The molecular formula is C20H23N3O4S. The van der Waals surface area contributed by atoms with E-state index in [1.54, 1.807) is 22.3 Å². The highest BCUT2D eigenvalue weighted by atomic mass is 32.1. The third-order valence-electron chi connectivity index (χ3n) is 4.74. The summed E-state index contributed by atoms with van der Waals surface area (Å²) in [6.07, 6.45) is 2.15. The molecule has 0 saturated carbocycles. The van der Waals surface area contributed by atoms with Crippen LogP contribution in [0.25, 0.3) is 10.2 Å². The zero-order valence-electron chi connectivity index (χ0n) is 16.0. The van der Waals surface area contributed by atoms with E-state index in [4.69, 9.17) is 14.0 Å². The third kappa shape index (κ3) is 4.18. The molecule has 0 bridgehead atoms. The van der Waals surface area contributed by atoms with Gasteiger partial charge >= 0.3 is 0 Å². The highest BCUT2D eigenvalue weighted by Crippen LogP contribution is 2.26. The average molecular weight is 401 g/mol. The zero-order valence-corrected chi connectivity index (χ0v) is 16.8. The number of carbonyl (C=O) groups excluding carboxylic acids is 1. The van der Waals surface area contributed by atoms with Gasteiger partial charge in [0, 0.05) is 31.8 Å². The van der Waals surface area contributed by atoms with E-state index < -0.39 is 0 Å². The van der Waals surface area contributed by atoms with E-state index in [-0.39, 0.29) is 18.6 Å². The number of aromatic nitrogens is 2. The van der Waals surface area contributed by atoms with Gasteiger partial charge in [-0.2, -0.15) is 0 Å². The molecule has 148 valence electrons. The maximum Gasteiger partial charge on any atom is 0.276 e. The minimum atomic E-state index is -0.146. The predicted octanol–water partition coefficient (Wildman–Crippen LogP) is 3.81. The van der Waals surface area contributed by atoms with Crippen molar-refractivity contribution in [1.29, 1.82) is 0 Å². The minimum absolute atomic E-state index is 0.114. The Kier molecular flexibility index (Phi) is 5.59. The molecule has 2 aromatic heterocycles. The van der Waals surface area contributed by atoms with Crippen molar-refractivity contribution >= 4 is 27.5 Å². The van der Waals surface area contributed by atoms with Crippen LogP contribution < -0.4 is 4.74 Å². The first-order valence-electron chi connectivity index (χ1n) is 9.49. The second-order valence-electron chi connectivity index (χ2n) is 6.81. The van der Waals surface area contributed by atoms with Crippen LogP contribution in [0.5, 0.6) is 5.75 Å². The van der Waals surface area contributed by atoms with Crippen LogP contribution in [0.15, 0.2) is 28.8 Å². The summed E-state index contributed by atoms with van der Waals surface area (Å²) in [7, 11) is 0. The van der Waals surface area contributed by atoms with Gasteiger partial charge in [-0.25, -0.2) is 4.98 Å². The molecule has 0 radical (unpaired) electrons. The van der Waals surface area contributed by atoms with Gasteiger partial charge in [0.05, 0.1) is 21.3 Å². The molecule has 1 atom stereocenters. The second-order valence-corrected chi connectivity index (χ2v) is 8.04. The first kappa shape index (κ1) is 18.9. The zero-order chi connectivity index (χ0) is 19.5. The lowest BCUT2D eigenvalue weighted by atomic mass is 10.2. The Morgan fingerprint density at radius 2 is 2.29 bits per heavy atom. The van der Waals surface area contributed by atoms with Crippen molar-refractivity contribution in [3.63, 3.8) is 0 Å². The normalized spacial score (nSPS) is 16.6. The van der Waals surface area contributed by atoms with Crippen molar-refractivity contribution in [1.82, 2.24) is 15.0 Å². The van der Waals surface area contributed by atoms with Crippen molar-refractivity contribution in [3.8, 4) is 5.75 Å². The van der Waals surface area contributed by atoms with E-state index in [9.17, 15) is 4.79 Å². The van der Waals surface area contributed by atoms with E-state index in [0.717, 1.165) is 34.7 Å². The Morgan fingerprint density at radius 1 is 1.39 bits per heavy atom. The fourth-order valence-corrected chi connectivity index (χ4v) is 4.11. The highest BCUT2D eigenvalue weighted by Gasteiger charge is 2.24. The van der Waals surface area contributed by atoms with Crippen LogP contribution in [0.4, 0.5) is 0 Å². The summed E-state index contributed by atoms with van der Waals surface area (Å²) < 4.78 is 17.8. The topological polar surface area (TPSA) is 77.7 Å². The molecule has 0 spiro atoms. The number of amides is 1. The monoisotopic (exact) mass is 401 g/mol. The molecule has 4 rings (SSSR count). The maximum atomic E-state index is 12.7. The van der Waals surface area contributed by atoms with Gasteiger partial charge in [0.1, 0.15) is 12.4 Å². The summed E-state index contributed by atoms with van der Waals surface area (Å²) in [5.74, 6) is 1.06. The number of rotatable bonds is 7. The van der Waals surface area contributed by atoms with E-state index in [1.165, 1.54) is 0 Å². The molecule has 0 aliphatic carbocycles. The minimum Gasteiger partial charge on any atom is -0.485 e. The largest absolute Gasteiger partial charge is 0.485 e. The highest BCUT2D eigenvalue weighted by molar-refractivity contribution is 7.18. The van der Waals surface area contributed by atoms with Crippen molar-refractivity contribution in [3.05, 3.63) is 40.7 Å². The van der Waals surface area contributed by atoms with E-state index in [0.29, 0.717) is 30.3 Å². The Hall–Kier alpha value is -2.45. The van der Waals surface area contributed by atoms with Gasteiger partial charge < -0.3 is 18.9 Å². The van der Waals surface area contributed by atoms with E-state index in [1.807, 2.05) is 32.0 Å². The Balaban J connectivity index is 1.37. The molecular weight excluding hydrogens is 378 g/mol. The summed E-state index contributed by atoms with van der Waals surface area (Å²) in [4.78, 5) is 18.9. The number of carbonyl (C=O) groups is 1. The van der Waals surface area contributed by atoms with Crippen molar-refractivity contribution in [2.24, 2.45) is 0 Å². The number of benzene rings is 1. The summed E-state index contributed by atoms with van der Waals surface area (Å²) in [5.41, 5.74) is 1.21. The standard InChI is InChI=1S/C20H23N3O4S/c1-3-23(11-15-5-4-8-25-15)20(24)18-10-16(27-22-18)12-26-14-6-7-19-17(9-14)21-13(2)28-19/h6-7,9-10,15H,3-5,8,11-12H2,1-2H3. The average Bonchev–Trinajstić information content (AvgIpc) is 3.43. The quantitative estimate of drug-likeness (QED) is 0.599. The van der Waals surface area contributed by atoms with Gasteiger partial charge in [0.25, 0.3) is 5.91 Å². The summed E-state index contributed by atoms with van der Waals surface area (Å²) >= 11 is 1.65. The van der Waals surface area contributed by atoms with Gasteiger partial charge in [0.15, 0.2) is 11.5 Å². The summed E-state index contributed by atoms with van der Waals surface area (Å²) in [5, 5.41) is 4.95. The number of hydrogen-bond donors (Lipinski definition) is 0. The smallest absolute Gasteiger partial charge is 0.276 e. The lowest BCUT2D eigenvalue weighted by molar-refractivity contribution is 0.0531. The molecule has 1 amide bonds. The molecule has 1 saturated heterocycles. The Bertz CT molecular complexity index is 961. The van der Waals surface area contributed by atoms with Gasteiger partial charge in [-0.1, -0.05) is 5.16 Å². The number of nitrogens with zero attached hydrogens (tertiary/aromatic N) is 3. The molecule has 28 heavy (non-hydrogen) atoms. The number of fused-ring (bicyclic) bond motifs is 1. The maximum absolute atomic E-state index is 12.7. The fourth-order valence-electron chi connectivity index (χ4n) is 3.30. The molecule has 1 aliphatic rings. The SMILES string of the molecule is CCN(CC1CCCO1)C(=O)c1cc(COc2ccc3sc(C)nc3c2)on1. The van der Waals surface area contributed by atoms with Crippen LogP contribution >= 0.6 is 11.3 Å². The van der Waals surface area contributed by atoms with Crippen molar-refractivity contribution in [2.45, 2.75) is 39.4 Å². The van der Waals surface area contributed by atoms with Gasteiger partial charge in [-0.3, -0.25) is 4.79 Å². The van der Waals surface area contributed by atoms with Crippen LogP contribution in [-0.2, 0) is 11.3 Å². The van der Waals surface area contributed by atoms with E-state index in [2.05, 4.69) is 10.1 Å². The number of ether oxygens (including phenoxy) is 2. The van der Waals surface area contributed by atoms with Gasteiger partial charge in [-0.15, -0.1) is 11.3 Å². The fraction of sp³-hybridized carbons (Fsp3) is 0.450. The summed E-state index contributed by atoms with van der Waals surface area (Å²) in [6.45, 7) is 6.09. The lowest BCUT2D eigenvalue weighted by Gasteiger charge is -2.22. The lowest BCUT2D eigenvalue weighted by Crippen LogP contribution is -2.37. The van der Waals surface area contributed by atoms with Crippen molar-refractivity contribution in [2.75, 3.05) is 19.7 Å². The molecule has 1 fully saturated rings. The molecule has 1 aliphatic heterocycles.